The highest BCUT2D eigenvalue weighted by atomic mass is 16.2. The van der Waals surface area contributed by atoms with Crippen LogP contribution in [0, 0.1) is 0 Å². The van der Waals surface area contributed by atoms with Gasteiger partial charge in [-0.3, -0.25) is 9.59 Å². The van der Waals surface area contributed by atoms with Gasteiger partial charge in [0, 0.05) is 23.8 Å². The minimum absolute atomic E-state index is 0.0351. The predicted molar refractivity (Wildman–Crippen MR) is 124 cm³/mol. The van der Waals surface area contributed by atoms with Crippen molar-refractivity contribution in [2.75, 3.05) is 11.9 Å². The summed E-state index contributed by atoms with van der Waals surface area (Å²) in [5.74, 6) is -0.199. The molecule has 2 unspecified atom stereocenters. The fraction of sp³-hybridized carbons (Fsp3) is 0.160. The summed E-state index contributed by atoms with van der Waals surface area (Å²) in [6.45, 7) is 0.793. The lowest BCUT2D eigenvalue weighted by atomic mass is 9.96. The number of fused-ring (bicyclic) bond motifs is 1. The zero-order chi connectivity index (χ0) is 22.1. The number of amides is 2. The van der Waals surface area contributed by atoms with E-state index in [1.165, 1.54) is 5.56 Å². The topological polar surface area (TPSA) is 102 Å². The van der Waals surface area contributed by atoms with Crippen molar-refractivity contribution in [2.24, 2.45) is 5.73 Å². The van der Waals surface area contributed by atoms with Crippen LogP contribution < -0.4 is 16.4 Å². The molecule has 1 saturated heterocycles. The fourth-order valence-corrected chi connectivity index (χ4v) is 4.22. The van der Waals surface area contributed by atoms with Crippen LogP contribution in [-0.2, 0) is 4.79 Å². The van der Waals surface area contributed by atoms with E-state index in [-0.39, 0.29) is 11.9 Å². The van der Waals surface area contributed by atoms with Crippen LogP contribution in [0.3, 0.4) is 0 Å². The van der Waals surface area contributed by atoms with Gasteiger partial charge in [0.15, 0.2) is 0 Å². The second kappa shape index (κ2) is 8.28. The number of hydrogen-bond donors (Lipinski definition) is 3. The van der Waals surface area contributed by atoms with Crippen LogP contribution in [0.2, 0.25) is 0 Å². The summed E-state index contributed by atoms with van der Waals surface area (Å²) in [5.41, 5.74) is 9.21. The quantitative estimate of drug-likeness (QED) is 0.457. The van der Waals surface area contributed by atoms with E-state index in [4.69, 9.17) is 5.73 Å². The summed E-state index contributed by atoms with van der Waals surface area (Å²) in [7, 11) is 0. The summed E-state index contributed by atoms with van der Waals surface area (Å²) in [4.78, 5) is 24.4. The molecule has 1 aliphatic rings. The predicted octanol–water partition coefficient (Wildman–Crippen LogP) is 3.21. The van der Waals surface area contributed by atoms with Gasteiger partial charge in [-0.2, -0.15) is 5.10 Å². The number of nitrogens with zero attached hydrogens (tertiary/aromatic N) is 2. The number of nitrogens with two attached hydrogens (primary N) is 1. The molecule has 7 nitrogen and oxygen atoms in total. The molecule has 0 aliphatic carbocycles. The average Bonchev–Trinajstić information content (AvgIpc) is 3.47. The number of nitrogens with one attached hydrogen (secondary N) is 2. The standard InChI is InChI=1S/C25H23N5O2/c26-24(31)21-8-4-7-17-15-30(29-23(17)21)20-11-9-19(10-12-20)28-25(32)22-13-18(14-27-22)16-5-2-1-3-6-16/h1-12,15,18,22,27H,13-14H2,(H2,26,31)(H,28,32). The van der Waals surface area contributed by atoms with Gasteiger partial charge in [-0.25, -0.2) is 4.68 Å². The molecule has 4 aromatic rings. The smallest absolute Gasteiger partial charge is 0.250 e. The third-order valence-corrected chi connectivity index (χ3v) is 5.92. The highest BCUT2D eigenvalue weighted by Crippen LogP contribution is 2.26. The van der Waals surface area contributed by atoms with Crippen LogP contribution in [0.1, 0.15) is 28.3 Å². The van der Waals surface area contributed by atoms with E-state index in [1.54, 1.807) is 16.8 Å². The summed E-state index contributed by atoms with van der Waals surface area (Å²) in [5, 5.41) is 11.7. The maximum atomic E-state index is 12.7. The Morgan fingerprint density at radius 1 is 1.00 bits per heavy atom. The Morgan fingerprint density at radius 3 is 2.53 bits per heavy atom. The van der Waals surface area contributed by atoms with E-state index < -0.39 is 5.91 Å². The lowest BCUT2D eigenvalue weighted by Crippen LogP contribution is -2.35. The summed E-state index contributed by atoms with van der Waals surface area (Å²) >= 11 is 0. The zero-order valence-corrected chi connectivity index (χ0v) is 17.4. The molecule has 0 radical (unpaired) electrons. The molecule has 4 N–H and O–H groups in total. The molecule has 2 atom stereocenters. The van der Waals surface area contributed by atoms with Crippen LogP contribution in [0.25, 0.3) is 16.6 Å². The molecule has 1 aromatic heterocycles. The molecular weight excluding hydrogens is 402 g/mol. The maximum absolute atomic E-state index is 12.7. The molecule has 2 heterocycles. The van der Waals surface area contributed by atoms with Crippen LogP contribution in [-0.4, -0.2) is 34.2 Å². The van der Waals surface area contributed by atoms with Crippen LogP contribution in [0.5, 0.6) is 0 Å². The SMILES string of the molecule is NC(=O)c1cccc2cn(-c3ccc(NC(=O)C4CC(c5ccccc5)CN4)cc3)nc12. The number of carbonyl (C=O) groups is 2. The van der Waals surface area contributed by atoms with Gasteiger partial charge in [0.2, 0.25) is 5.91 Å². The highest BCUT2D eigenvalue weighted by Gasteiger charge is 2.30. The number of anilines is 1. The van der Waals surface area contributed by atoms with E-state index in [9.17, 15) is 9.59 Å². The van der Waals surface area contributed by atoms with Crippen molar-refractivity contribution in [3.05, 3.63) is 90.1 Å². The van der Waals surface area contributed by atoms with Crippen LogP contribution in [0.15, 0.2) is 79.0 Å². The zero-order valence-electron chi connectivity index (χ0n) is 17.4. The van der Waals surface area contributed by atoms with E-state index in [1.807, 2.05) is 54.7 Å². The van der Waals surface area contributed by atoms with Gasteiger partial charge in [-0.1, -0.05) is 42.5 Å². The summed E-state index contributed by atoms with van der Waals surface area (Å²) in [6, 6.07) is 22.8. The molecule has 0 saturated carbocycles. The van der Waals surface area contributed by atoms with E-state index in [0.29, 0.717) is 17.0 Å². The fourth-order valence-electron chi connectivity index (χ4n) is 4.22. The number of primary amides is 1. The summed E-state index contributed by atoms with van der Waals surface area (Å²) < 4.78 is 1.70. The lowest BCUT2D eigenvalue weighted by molar-refractivity contribution is -0.117. The Labute approximate surface area is 185 Å². The summed E-state index contributed by atoms with van der Waals surface area (Å²) in [6.07, 6.45) is 2.62. The van der Waals surface area contributed by atoms with E-state index in [0.717, 1.165) is 29.7 Å². The number of rotatable bonds is 5. The largest absolute Gasteiger partial charge is 0.366 e. The van der Waals surface area contributed by atoms with Gasteiger partial charge in [0.25, 0.3) is 5.91 Å². The van der Waals surface area contributed by atoms with Crippen molar-refractivity contribution in [2.45, 2.75) is 18.4 Å². The minimum atomic E-state index is -0.506. The van der Waals surface area contributed by atoms with Crippen molar-refractivity contribution < 1.29 is 9.59 Å². The average molecular weight is 425 g/mol. The first-order valence-electron chi connectivity index (χ1n) is 10.6. The van der Waals surface area contributed by atoms with Crippen LogP contribution >= 0.6 is 0 Å². The first kappa shape index (κ1) is 20.0. The Balaban J connectivity index is 1.27. The third kappa shape index (κ3) is 3.86. The molecule has 1 fully saturated rings. The number of aromatic nitrogens is 2. The van der Waals surface area contributed by atoms with Gasteiger partial charge >= 0.3 is 0 Å². The monoisotopic (exact) mass is 425 g/mol. The Bertz CT molecular complexity index is 1280. The van der Waals surface area contributed by atoms with Crippen LogP contribution in [0.4, 0.5) is 5.69 Å². The molecule has 0 spiro atoms. The van der Waals surface area contributed by atoms with Gasteiger partial charge in [-0.15, -0.1) is 0 Å². The van der Waals surface area contributed by atoms with Crippen molar-refractivity contribution in [1.82, 2.24) is 15.1 Å². The molecule has 5 rings (SSSR count). The first-order valence-corrected chi connectivity index (χ1v) is 10.6. The second-order valence-corrected chi connectivity index (χ2v) is 8.02. The van der Waals surface area contributed by atoms with E-state index in [2.05, 4.69) is 27.9 Å². The molecule has 1 aliphatic heterocycles. The minimum Gasteiger partial charge on any atom is -0.366 e. The van der Waals surface area contributed by atoms with Crippen molar-refractivity contribution in [1.29, 1.82) is 0 Å². The molecular formula is C25H23N5O2. The molecule has 3 aromatic carbocycles. The van der Waals surface area contributed by atoms with E-state index >= 15 is 0 Å². The molecule has 160 valence electrons. The normalized spacial score (nSPS) is 18.0. The van der Waals surface area contributed by atoms with Gasteiger partial charge in [0.1, 0.15) is 5.52 Å². The Kier molecular flexibility index (Phi) is 5.17. The molecule has 7 heteroatoms. The van der Waals surface area contributed by atoms with Crippen molar-refractivity contribution >= 4 is 28.4 Å². The molecule has 0 bridgehead atoms. The second-order valence-electron chi connectivity index (χ2n) is 8.02. The Hall–Kier alpha value is -3.97. The highest BCUT2D eigenvalue weighted by molar-refractivity contribution is 6.04. The molecule has 2 amide bonds. The molecule has 32 heavy (non-hydrogen) atoms. The Morgan fingerprint density at radius 2 is 1.78 bits per heavy atom. The first-order chi connectivity index (χ1) is 15.6. The number of carbonyl (C=O) groups excluding carboxylic acids is 2. The van der Waals surface area contributed by atoms with Crippen molar-refractivity contribution in [3.63, 3.8) is 0 Å². The lowest BCUT2D eigenvalue weighted by Gasteiger charge is -2.12. The van der Waals surface area contributed by atoms with Gasteiger partial charge < -0.3 is 16.4 Å². The number of benzene rings is 3. The van der Waals surface area contributed by atoms with Crippen molar-refractivity contribution in [3.8, 4) is 5.69 Å². The number of hydrogen-bond acceptors (Lipinski definition) is 4. The maximum Gasteiger partial charge on any atom is 0.250 e. The van der Waals surface area contributed by atoms with Gasteiger partial charge in [-0.05, 0) is 48.2 Å². The third-order valence-electron chi connectivity index (χ3n) is 5.92. The van der Waals surface area contributed by atoms with Gasteiger partial charge in [0.05, 0.1) is 17.3 Å².